The summed E-state index contributed by atoms with van der Waals surface area (Å²) in [5, 5.41) is 0. The molecule has 0 fully saturated rings. The van der Waals surface area contributed by atoms with Crippen LogP contribution in [0.3, 0.4) is 0 Å². The second kappa shape index (κ2) is 8.08. The monoisotopic (exact) mass is 300 g/mol. The van der Waals surface area contributed by atoms with Crippen LogP contribution < -0.4 is 9.47 Å². The zero-order valence-corrected chi connectivity index (χ0v) is 12.8. The Morgan fingerprint density at radius 1 is 1.00 bits per heavy atom. The highest BCUT2D eigenvalue weighted by Gasteiger charge is 2.09. The second-order valence-corrected chi connectivity index (χ2v) is 5.27. The van der Waals surface area contributed by atoms with Crippen molar-refractivity contribution in [2.24, 2.45) is 5.92 Å². The lowest BCUT2D eigenvalue weighted by Gasteiger charge is -2.13. The molecule has 2 rings (SSSR count). The Kier molecular flexibility index (Phi) is 5.83. The first kappa shape index (κ1) is 15.9. The summed E-state index contributed by atoms with van der Waals surface area (Å²) in [6.45, 7) is 4.89. The van der Waals surface area contributed by atoms with Crippen molar-refractivity contribution in [1.82, 2.24) is 0 Å². The minimum atomic E-state index is -0.732. The van der Waals surface area contributed by atoms with E-state index in [1.165, 1.54) is 0 Å². The maximum atomic E-state index is 11.7. The fraction of sp³-hybridized carbons (Fsp3) is 0.278. The molecule has 4 nitrogen and oxygen atoms in total. The molecule has 22 heavy (non-hydrogen) atoms. The highest BCUT2D eigenvalue weighted by Crippen LogP contribution is 2.20. The number of hydrogen-bond acceptors (Lipinski definition) is 4. The number of carbonyl (C=O) groups excluding carboxylic acids is 1. The zero-order valence-electron chi connectivity index (χ0n) is 12.8. The number of hydrogen-bond donors (Lipinski definition) is 0. The van der Waals surface area contributed by atoms with Gasteiger partial charge in [0, 0.05) is 5.56 Å². The fourth-order valence-corrected chi connectivity index (χ4v) is 1.77. The Bertz CT molecular complexity index is 593. The van der Waals surface area contributed by atoms with E-state index in [1.807, 2.05) is 30.3 Å². The predicted molar refractivity (Wildman–Crippen MR) is 84.0 cm³/mol. The Balaban J connectivity index is 1.89. The highest BCUT2D eigenvalue weighted by atomic mass is 16.7. The molecule has 0 aliphatic heterocycles. The molecule has 0 radical (unpaired) electrons. The van der Waals surface area contributed by atoms with Gasteiger partial charge in [-0.3, -0.25) is 0 Å². The molecule has 0 bridgehead atoms. The van der Waals surface area contributed by atoms with Gasteiger partial charge in [-0.1, -0.05) is 50.2 Å². The van der Waals surface area contributed by atoms with Gasteiger partial charge >= 0.3 is 6.16 Å². The number of ether oxygens (including phenoxy) is 3. The van der Waals surface area contributed by atoms with Gasteiger partial charge in [0.05, 0.1) is 6.61 Å². The predicted octanol–water partition coefficient (Wildman–Crippen LogP) is 4.44. The summed E-state index contributed by atoms with van der Waals surface area (Å²) in [4.78, 5) is 11.7. The van der Waals surface area contributed by atoms with Gasteiger partial charge < -0.3 is 14.2 Å². The summed E-state index contributed by atoms with van der Waals surface area (Å²) >= 11 is 0. The molecule has 0 aliphatic carbocycles. The third-order valence-electron chi connectivity index (χ3n) is 2.83. The van der Waals surface area contributed by atoms with E-state index in [2.05, 4.69) is 13.8 Å². The van der Waals surface area contributed by atoms with E-state index < -0.39 is 6.16 Å². The number of carbonyl (C=O) groups is 1. The SMILES string of the molecule is CC(C)COc1ccccc1COC(=O)Oc1ccccc1. The average molecular weight is 300 g/mol. The molecule has 2 aromatic carbocycles. The van der Waals surface area contributed by atoms with Crippen LogP contribution >= 0.6 is 0 Å². The van der Waals surface area contributed by atoms with Crippen molar-refractivity contribution >= 4 is 6.16 Å². The molecule has 0 aromatic heterocycles. The van der Waals surface area contributed by atoms with E-state index in [9.17, 15) is 4.79 Å². The summed E-state index contributed by atoms with van der Waals surface area (Å²) < 4.78 is 15.9. The molecule has 0 heterocycles. The van der Waals surface area contributed by atoms with Crippen molar-refractivity contribution in [2.45, 2.75) is 20.5 Å². The molecule has 2 aromatic rings. The minimum Gasteiger partial charge on any atom is -0.493 e. The summed E-state index contributed by atoms with van der Waals surface area (Å²) in [5.41, 5.74) is 0.813. The van der Waals surface area contributed by atoms with Gasteiger partial charge in [-0.25, -0.2) is 4.79 Å². The Morgan fingerprint density at radius 2 is 1.68 bits per heavy atom. The molecule has 0 spiro atoms. The quantitative estimate of drug-likeness (QED) is 0.584. The third kappa shape index (κ3) is 5.13. The van der Waals surface area contributed by atoms with Crippen LogP contribution in [0.4, 0.5) is 4.79 Å². The van der Waals surface area contributed by atoms with Gasteiger partial charge in [0.2, 0.25) is 0 Å². The van der Waals surface area contributed by atoms with Gasteiger partial charge in [-0.15, -0.1) is 0 Å². The molecule has 4 heteroatoms. The van der Waals surface area contributed by atoms with Crippen LogP contribution in [-0.2, 0) is 11.3 Å². The average Bonchev–Trinajstić information content (AvgIpc) is 2.52. The van der Waals surface area contributed by atoms with Gasteiger partial charge in [0.25, 0.3) is 0 Å². The van der Waals surface area contributed by atoms with E-state index in [0.717, 1.165) is 11.3 Å². The van der Waals surface area contributed by atoms with Crippen LogP contribution in [0.15, 0.2) is 54.6 Å². The first-order valence-corrected chi connectivity index (χ1v) is 7.25. The highest BCUT2D eigenvalue weighted by molar-refractivity contribution is 5.63. The number of rotatable bonds is 6. The number of para-hydroxylation sites is 2. The van der Waals surface area contributed by atoms with Gasteiger partial charge in [0.15, 0.2) is 0 Å². The first-order valence-electron chi connectivity index (χ1n) is 7.25. The number of benzene rings is 2. The van der Waals surface area contributed by atoms with E-state index in [0.29, 0.717) is 18.3 Å². The van der Waals surface area contributed by atoms with Crippen LogP contribution in [0.5, 0.6) is 11.5 Å². The standard InChI is InChI=1S/C18H20O4/c1-14(2)12-20-17-11-7-6-8-15(17)13-21-18(19)22-16-9-4-3-5-10-16/h3-11,14H,12-13H2,1-2H3. The molecule has 0 aliphatic rings. The van der Waals surface area contributed by atoms with Gasteiger partial charge in [0.1, 0.15) is 18.1 Å². The second-order valence-electron chi connectivity index (χ2n) is 5.27. The summed E-state index contributed by atoms with van der Waals surface area (Å²) in [5.74, 6) is 1.61. The lowest BCUT2D eigenvalue weighted by Crippen LogP contribution is -2.11. The van der Waals surface area contributed by atoms with Crippen molar-refractivity contribution in [3.8, 4) is 11.5 Å². The minimum absolute atomic E-state index is 0.111. The molecule has 0 saturated heterocycles. The van der Waals surface area contributed by atoms with E-state index >= 15 is 0 Å². The maximum Gasteiger partial charge on any atom is 0.514 e. The summed E-state index contributed by atoms with van der Waals surface area (Å²) in [7, 11) is 0. The fourth-order valence-electron chi connectivity index (χ4n) is 1.77. The van der Waals surface area contributed by atoms with Crippen LogP contribution in [-0.4, -0.2) is 12.8 Å². The lowest BCUT2D eigenvalue weighted by molar-refractivity contribution is 0.0917. The topological polar surface area (TPSA) is 44.8 Å². The van der Waals surface area contributed by atoms with E-state index in [1.54, 1.807) is 24.3 Å². The molecule has 0 N–H and O–H groups in total. The summed E-state index contributed by atoms with van der Waals surface area (Å²) in [6, 6.07) is 16.3. The molecule has 0 amide bonds. The van der Waals surface area contributed by atoms with Crippen LogP contribution in [0, 0.1) is 5.92 Å². The van der Waals surface area contributed by atoms with Crippen molar-refractivity contribution < 1.29 is 19.0 Å². The largest absolute Gasteiger partial charge is 0.514 e. The van der Waals surface area contributed by atoms with Gasteiger partial charge in [-0.2, -0.15) is 0 Å². The molecular formula is C18H20O4. The van der Waals surface area contributed by atoms with E-state index in [-0.39, 0.29) is 6.61 Å². The molecule has 0 saturated carbocycles. The smallest absolute Gasteiger partial charge is 0.493 e. The van der Waals surface area contributed by atoms with Crippen LogP contribution in [0.1, 0.15) is 19.4 Å². The Hall–Kier alpha value is -2.49. The lowest BCUT2D eigenvalue weighted by atomic mass is 10.2. The van der Waals surface area contributed by atoms with Crippen molar-refractivity contribution in [3.05, 3.63) is 60.2 Å². The Morgan fingerprint density at radius 3 is 2.41 bits per heavy atom. The maximum absolute atomic E-state index is 11.7. The molecule has 0 atom stereocenters. The van der Waals surface area contributed by atoms with Crippen molar-refractivity contribution in [2.75, 3.05) is 6.61 Å². The van der Waals surface area contributed by atoms with E-state index in [4.69, 9.17) is 14.2 Å². The molecule has 116 valence electrons. The van der Waals surface area contributed by atoms with Crippen LogP contribution in [0.25, 0.3) is 0 Å². The first-order chi connectivity index (χ1) is 10.6. The molecule has 0 unspecified atom stereocenters. The summed E-state index contributed by atoms with van der Waals surface area (Å²) in [6.07, 6.45) is -0.732. The normalized spacial score (nSPS) is 10.3. The zero-order chi connectivity index (χ0) is 15.8. The van der Waals surface area contributed by atoms with Crippen molar-refractivity contribution in [3.63, 3.8) is 0 Å². The Labute approximate surface area is 130 Å². The molecular weight excluding hydrogens is 280 g/mol. The third-order valence-corrected chi connectivity index (χ3v) is 2.83. The van der Waals surface area contributed by atoms with Gasteiger partial charge in [-0.05, 0) is 24.1 Å². The van der Waals surface area contributed by atoms with Crippen LogP contribution in [0.2, 0.25) is 0 Å². The van der Waals surface area contributed by atoms with Crippen molar-refractivity contribution in [1.29, 1.82) is 0 Å².